The molecule has 1 heterocycles. The summed E-state index contributed by atoms with van der Waals surface area (Å²) in [6.45, 7) is 0.205. The van der Waals surface area contributed by atoms with Crippen LogP contribution in [0.2, 0.25) is 0 Å². The molecule has 0 saturated carbocycles. The second kappa shape index (κ2) is 8.61. The normalized spacial score (nSPS) is 10.9. The van der Waals surface area contributed by atoms with E-state index in [1.54, 1.807) is 13.1 Å². The summed E-state index contributed by atoms with van der Waals surface area (Å²) in [5, 5.41) is 11.6. The number of benzene rings is 3. The van der Waals surface area contributed by atoms with Gasteiger partial charge in [0.2, 0.25) is 0 Å². The molecule has 0 aliphatic carbocycles. The molecular formula is C24H22N4O2. The minimum Gasteiger partial charge on any atom is -0.332 e. The Kier molecular flexibility index (Phi) is 5.57. The number of nitrogens with zero attached hydrogens (tertiary/aromatic N) is 2. The van der Waals surface area contributed by atoms with E-state index in [9.17, 15) is 9.59 Å². The molecule has 0 unspecified atom stereocenters. The number of aromatic nitrogens is 2. The van der Waals surface area contributed by atoms with Gasteiger partial charge in [-0.05, 0) is 17.2 Å². The maximum absolute atomic E-state index is 12.7. The SMILES string of the molecule is Cn1nc(CNC(=O)NC(c2ccccc2)c2ccccc2)c2ccccc2c1=O. The largest absolute Gasteiger partial charge is 0.332 e. The number of rotatable bonds is 5. The molecule has 6 heteroatoms. The lowest BCUT2D eigenvalue weighted by Gasteiger charge is -2.20. The van der Waals surface area contributed by atoms with Crippen LogP contribution in [-0.2, 0) is 13.6 Å². The Labute approximate surface area is 174 Å². The van der Waals surface area contributed by atoms with Crippen LogP contribution < -0.4 is 16.2 Å². The molecule has 0 fully saturated rings. The number of fused-ring (bicyclic) bond motifs is 1. The van der Waals surface area contributed by atoms with E-state index in [1.807, 2.05) is 78.9 Å². The van der Waals surface area contributed by atoms with Crippen molar-refractivity contribution < 1.29 is 4.79 Å². The number of hydrogen-bond acceptors (Lipinski definition) is 3. The second-order valence-electron chi connectivity index (χ2n) is 7.00. The topological polar surface area (TPSA) is 76.0 Å². The monoisotopic (exact) mass is 398 g/mol. The van der Waals surface area contributed by atoms with Crippen molar-refractivity contribution in [1.82, 2.24) is 20.4 Å². The smallest absolute Gasteiger partial charge is 0.315 e. The second-order valence-corrected chi connectivity index (χ2v) is 7.00. The molecule has 0 saturated heterocycles. The van der Waals surface area contributed by atoms with Gasteiger partial charge >= 0.3 is 6.03 Å². The standard InChI is InChI=1S/C24H22N4O2/c1-28-23(29)20-15-9-8-14-19(20)21(27-28)16-25-24(30)26-22(17-10-4-2-5-11-17)18-12-6-3-7-13-18/h2-15,22H,16H2,1H3,(H2,25,26,30). The van der Waals surface area contributed by atoms with E-state index in [0.29, 0.717) is 11.1 Å². The zero-order valence-electron chi connectivity index (χ0n) is 16.6. The summed E-state index contributed by atoms with van der Waals surface area (Å²) in [6, 6.07) is 26.3. The van der Waals surface area contributed by atoms with Crippen molar-refractivity contribution in [2.45, 2.75) is 12.6 Å². The first-order valence-electron chi connectivity index (χ1n) is 9.72. The van der Waals surface area contributed by atoms with E-state index in [-0.39, 0.29) is 24.2 Å². The van der Waals surface area contributed by atoms with Crippen LogP contribution in [0, 0.1) is 0 Å². The summed E-state index contributed by atoms with van der Waals surface area (Å²) in [5.74, 6) is 0. The van der Waals surface area contributed by atoms with Gasteiger partial charge < -0.3 is 10.6 Å². The lowest BCUT2D eigenvalue weighted by Crippen LogP contribution is -2.38. The molecule has 0 radical (unpaired) electrons. The van der Waals surface area contributed by atoms with Gasteiger partial charge in [-0.15, -0.1) is 0 Å². The number of carbonyl (C=O) groups excluding carboxylic acids is 1. The highest BCUT2D eigenvalue weighted by Crippen LogP contribution is 2.21. The van der Waals surface area contributed by atoms with E-state index in [0.717, 1.165) is 16.5 Å². The molecule has 0 aliphatic heterocycles. The van der Waals surface area contributed by atoms with Gasteiger partial charge in [0, 0.05) is 12.4 Å². The van der Waals surface area contributed by atoms with Crippen LogP contribution >= 0.6 is 0 Å². The molecule has 2 N–H and O–H groups in total. The zero-order chi connectivity index (χ0) is 20.9. The van der Waals surface area contributed by atoms with Crippen LogP contribution in [0.25, 0.3) is 10.8 Å². The fourth-order valence-electron chi connectivity index (χ4n) is 3.50. The lowest BCUT2D eigenvalue weighted by molar-refractivity contribution is 0.238. The summed E-state index contributed by atoms with van der Waals surface area (Å²) in [4.78, 5) is 25.0. The van der Waals surface area contributed by atoms with Crippen LogP contribution in [-0.4, -0.2) is 15.8 Å². The molecule has 0 spiro atoms. The summed E-state index contributed by atoms with van der Waals surface area (Å²) < 4.78 is 1.30. The third-order valence-electron chi connectivity index (χ3n) is 4.99. The Hall–Kier alpha value is -3.93. The summed E-state index contributed by atoms with van der Waals surface area (Å²) >= 11 is 0. The molecule has 6 nitrogen and oxygen atoms in total. The molecule has 3 aromatic carbocycles. The van der Waals surface area contributed by atoms with Crippen LogP contribution in [0.4, 0.5) is 4.79 Å². The van der Waals surface area contributed by atoms with Crippen LogP contribution in [0.1, 0.15) is 22.9 Å². The Balaban J connectivity index is 1.55. The van der Waals surface area contributed by atoms with Crippen molar-refractivity contribution in [3.63, 3.8) is 0 Å². The van der Waals surface area contributed by atoms with E-state index >= 15 is 0 Å². The molecule has 4 aromatic rings. The van der Waals surface area contributed by atoms with E-state index < -0.39 is 0 Å². The predicted octanol–water partition coefficient (Wildman–Crippen LogP) is 3.52. The van der Waals surface area contributed by atoms with Crippen molar-refractivity contribution in [3.8, 4) is 0 Å². The van der Waals surface area contributed by atoms with Gasteiger partial charge in [-0.2, -0.15) is 5.10 Å². The van der Waals surface area contributed by atoms with E-state index in [1.165, 1.54) is 4.68 Å². The average molecular weight is 398 g/mol. The number of amides is 2. The Morgan fingerprint density at radius 2 is 1.40 bits per heavy atom. The molecule has 30 heavy (non-hydrogen) atoms. The van der Waals surface area contributed by atoms with Crippen molar-refractivity contribution in [1.29, 1.82) is 0 Å². The van der Waals surface area contributed by atoms with Gasteiger partial charge in [-0.25, -0.2) is 9.48 Å². The maximum Gasteiger partial charge on any atom is 0.315 e. The van der Waals surface area contributed by atoms with Gasteiger partial charge in [0.1, 0.15) is 0 Å². The van der Waals surface area contributed by atoms with Crippen molar-refractivity contribution in [2.75, 3.05) is 0 Å². The minimum absolute atomic E-state index is 0.160. The first kappa shape index (κ1) is 19.4. The van der Waals surface area contributed by atoms with Crippen molar-refractivity contribution in [3.05, 3.63) is 112 Å². The molecular weight excluding hydrogens is 376 g/mol. The summed E-state index contributed by atoms with van der Waals surface area (Å²) in [7, 11) is 1.61. The zero-order valence-corrected chi connectivity index (χ0v) is 16.6. The van der Waals surface area contributed by atoms with E-state index in [4.69, 9.17) is 0 Å². The third-order valence-corrected chi connectivity index (χ3v) is 4.99. The molecule has 1 aromatic heterocycles. The van der Waals surface area contributed by atoms with E-state index in [2.05, 4.69) is 15.7 Å². The van der Waals surface area contributed by atoms with Crippen LogP contribution in [0.5, 0.6) is 0 Å². The predicted molar refractivity (Wildman–Crippen MR) is 117 cm³/mol. The number of nitrogens with one attached hydrogen (secondary N) is 2. The third kappa shape index (κ3) is 4.07. The Morgan fingerprint density at radius 1 is 0.867 bits per heavy atom. The first-order valence-corrected chi connectivity index (χ1v) is 9.72. The molecule has 2 amide bonds. The van der Waals surface area contributed by atoms with Gasteiger partial charge in [-0.3, -0.25) is 4.79 Å². The maximum atomic E-state index is 12.7. The average Bonchev–Trinajstić information content (AvgIpc) is 2.80. The fraction of sp³-hybridized carbons (Fsp3) is 0.125. The molecule has 4 rings (SSSR count). The summed E-state index contributed by atoms with van der Waals surface area (Å²) in [5.41, 5.74) is 2.46. The molecule has 150 valence electrons. The van der Waals surface area contributed by atoms with Crippen LogP contribution in [0.15, 0.2) is 89.7 Å². The first-order chi connectivity index (χ1) is 14.6. The molecule has 0 bridgehead atoms. The minimum atomic E-state index is -0.313. The number of carbonyl (C=O) groups is 1. The van der Waals surface area contributed by atoms with Crippen molar-refractivity contribution >= 4 is 16.8 Å². The highest BCUT2D eigenvalue weighted by atomic mass is 16.2. The fourth-order valence-corrected chi connectivity index (χ4v) is 3.50. The highest BCUT2D eigenvalue weighted by Gasteiger charge is 2.17. The molecule has 0 atom stereocenters. The van der Waals surface area contributed by atoms with Crippen LogP contribution in [0.3, 0.4) is 0 Å². The van der Waals surface area contributed by atoms with Gasteiger partial charge in [0.05, 0.1) is 23.7 Å². The van der Waals surface area contributed by atoms with Gasteiger partial charge in [0.25, 0.3) is 5.56 Å². The number of urea groups is 1. The lowest BCUT2D eigenvalue weighted by atomic mass is 9.99. The highest BCUT2D eigenvalue weighted by molar-refractivity contribution is 5.84. The Morgan fingerprint density at radius 3 is 2.00 bits per heavy atom. The number of aryl methyl sites for hydroxylation is 1. The van der Waals surface area contributed by atoms with Crippen molar-refractivity contribution in [2.24, 2.45) is 7.05 Å². The summed E-state index contributed by atoms with van der Waals surface area (Å²) in [6.07, 6.45) is 0. The Bertz CT molecular complexity index is 1180. The quantitative estimate of drug-likeness (QED) is 0.540. The van der Waals surface area contributed by atoms with Gasteiger partial charge in [0.15, 0.2) is 0 Å². The molecule has 0 aliphatic rings. The number of hydrogen-bond donors (Lipinski definition) is 2. The van der Waals surface area contributed by atoms with Gasteiger partial charge in [-0.1, -0.05) is 78.9 Å².